The molecule has 0 radical (unpaired) electrons. The van der Waals surface area contributed by atoms with Crippen LogP contribution in [0.3, 0.4) is 0 Å². The van der Waals surface area contributed by atoms with Gasteiger partial charge < -0.3 is 14.7 Å². The first-order valence-corrected chi connectivity index (χ1v) is 11.7. The van der Waals surface area contributed by atoms with E-state index in [2.05, 4.69) is 33.7 Å². The van der Waals surface area contributed by atoms with E-state index in [1.807, 2.05) is 37.4 Å². The molecule has 9 heteroatoms. The van der Waals surface area contributed by atoms with Crippen LogP contribution in [0.4, 0.5) is 11.4 Å². The van der Waals surface area contributed by atoms with Crippen molar-refractivity contribution in [3.63, 3.8) is 0 Å². The number of nitrogens with zero attached hydrogens (tertiary/aromatic N) is 6. The average molecular weight is 475 g/mol. The molecule has 4 aromatic rings. The zero-order valence-corrected chi connectivity index (χ0v) is 20.5. The van der Waals surface area contributed by atoms with Crippen molar-refractivity contribution in [1.82, 2.24) is 24.2 Å². The molecule has 1 aliphatic heterocycles. The number of hydrogen-bond donors (Lipinski definition) is 1. The summed E-state index contributed by atoms with van der Waals surface area (Å²) in [4.78, 5) is 22.5. The Balaban J connectivity index is 1.67. The van der Waals surface area contributed by atoms with Crippen molar-refractivity contribution in [1.29, 1.82) is 0 Å². The van der Waals surface area contributed by atoms with Gasteiger partial charge in [-0.15, -0.1) is 0 Å². The van der Waals surface area contributed by atoms with E-state index in [4.69, 9.17) is 4.74 Å². The first-order valence-electron chi connectivity index (χ1n) is 11.7. The van der Waals surface area contributed by atoms with Gasteiger partial charge in [-0.1, -0.05) is 0 Å². The maximum atomic E-state index is 13.4. The lowest BCUT2D eigenvalue weighted by Crippen LogP contribution is -2.34. The van der Waals surface area contributed by atoms with Crippen LogP contribution in [-0.4, -0.2) is 55.6 Å². The summed E-state index contributed by atoms with van der Waals surface area (Å²) in [6.07, 6.45) is 4.97. The van der Waals surface area contributed by atoms with Gasteiger partial charge in [-0.2, -0.15) is 5.10 Å². The van der Waals surface area contributed by atoms with Gasteiger partial charge in [0.2, 0.25) is 0 Å². The van der Waals surface area contributed by atoms with Gasteiger partial charge in [0, 0.05) is 56.4 Å². The van der Waals surface area contributed by atoms with Crippen molar-refractivity contribution in [2.24, 2.45) is 7.05 Å². The minimum absolute atomic E-state index is 0.0727. The molecule has 0 aliphatic carbocycles. The van der Waals surface area contributed by atoms with Gasteiger partial charge in [0.25, 0.3) is 5.56 Å². The summed E-state index contributed by atoms with van der Waals surface area (Å²) in [5, 5.41) is 14.9. The number of aromatic nitrogens is 4. The Bertz CT molecular complexity index is 1440. The summed E-state index contributed by atoms with van der Waals surface area (Å²) >= 11 is 0. The second-order valence-electron chi connectivity index (χ2n) is 9.15. The van der Waals surface area contributed by atoms with Crippen molar-refractivity contribution in [2.75, 3.05) is 25.1 Å². The molecule has 0 unspecified atom stereocenters. The summed E-state index contributed by atoms with van der Waals surface area (Å²) in [7, 11) is 3.44. The lowest BCUT2D eigenvalue weighted by atomic mass is 10.0. The molecule has 3 heterocycles. The summed E-state index contributed by atoms with van der Waals surface area (Å²) in [6, 6.07) is 10.1. The fourth-order valence-electron chi connectivity index (χ4n) is 4.70. The standard InChI is InChI=1S/C26H30N6O3/c1-17(2)30-7-8-31(25-11-21(35-4)9-18(15-33)23(25)14-30)19-5-6-24-22(10-19)26(34)32(16-27-24)20-12-28-29(3)13-20/h5-6,9-13,16-17,33H,7-8,14-15H2,1-4H3. The fraction of sp³-hybridized carbons (Fsp3) is 0.346. The summed E-state index contributed by atoms with van der Waals surface area (Å²) in [6.45, 7) is 6.58. The number of rotatable bonds is 5. The van der Waals surface area contributed by atoms with Crippen molar-refractivity contribution >= 4 is 22.3 Å². The molecule has 5 rings (SSSR count). The van der Waals surface area contributed by atoms with Gasteiger partial charge in [0.1, 0.15) is 12.1 Å². The first kappa shape index (κ1) is 23.1. The maximum absolute atomic E-state index is 13.4. The number of aliphatic hydroxyl groups is 1. The Morgan fingerprint density at radius 2 is 1.97 bits per heavy atom. The minimum atomic E-state index is -0.148. The molecule has 1 N–H and O–H groups in total. The molecule has 1 aliphatic rings. The van der Waals surface area contributed by atoms with E-state index < -0.39 is 0 Å². The lowest BCUT2D eigenvalue weighted by Gasteiger charge is -2.27. The van der Waals surface area contributed by atoms with Crippen LogP contribution in [0.1, 0.15) is 25.0 Å². The van der Waals surface area contributed by atoms with Crippen LogP contribution in [0.25, 0.3) is 16.6 Å². The molecular weight excluding hydrogens is 444 g/mol. The number of ether oxygens (including phenoxy) is 1. The van der Waals surface area contributed by atoms with E-state index in [-0.39, 0.29) is 12.2 Å². The Hall–Kier alpha value is -3.69. The highest BCUT2D eigenvalue weighted by molar-refractivity contribution is 5.84. The molecule has 2 aromatic heterocycles. The first-order chi connectivity index (χ1) is 16.9. The largest absolute Gasteiger partial charge is 0.497 e. The zero-order valence-electron chi connectivity index (χ0n) is 20.5. The van der Waals surface area contributed by atoms with Crippen molar-refractivity contribution in [3.8, 4) is 11.4 Å². The molecule has 0 saturated heterocycles. The Kier molecular flexibility index (Phi) is 6.04. The number of aliphatic hydroxyl groups excluding tert-OH is 1. The molecule has 0 saturated carbocycles. The number of hydrogen-bond acceptors (Lipinski definition) is 7. The molecule has 0 spiro atoms. The monoisotopic (exact) mass is 474 g/mol. The summed E-state index contributed by atoms with van der Waals surface area (Å²) in [5.41, 5.74) is 4.95. The van der Waals surface area contributed by atoms with Crippen LogP contribution in [0.2, 0.25) is 0 Å². The van der Waals surface area contributed by atoms with E-state index in [9.17, 15) is 9.90 Å². The van der Waals surface area contributed by atoms with Gasteiger partial charge in [0.05, 0.1) is 36.5 Å². The van der Waals surface area contributed by atoms with E-state index in [1.165, 1.54) is 4.57 Å². The molecular formula is C26H30N6O3. The minimum Gasteiger partial charge on any atom is -0.497 e. The van der Waals surface area contributed by atoms with Crippen LogP contribution in [0, 0.1) is 0 Å². The molecule has 182 valence electrons. The predicted octanol–water partition coefficient (Wildman–Crippen LogP) is 2.98. The number of benzene rings is 2. The Morgan fingerprint density at radius 1 is 1.14 bits per heavy atom. The highest BCUT2D eigenvalue weighted by Gasteiger charge is 2.26. The number of aryl methyl sites for hydroxylation is 1. The second-order valence-corrected chi connectivity index (χ2v) is 9.15. The normalized spacial score (nSPS) is 14.4. The topological polar surface area (TPSA) is 88.6 Å². The Labute approximate surface area is 203 Å². The van der Waals surface area contributed by atoms with Crippen LogP contribution in [-0.2, 0) is 20.2 Å². The third-order valence-electron chi connectivity index (χ3n) is 6.71. The summed E-state index contributed by atoms with van der Waals surface area (Å²) < 4.78 is 8.73. The smallest absolute Gasteiger partial charge is 0.265 e. The van der Waals surface area contributed by atoms with Crippen molar-refractivity contribution in [2.45, 2.75) is 33.0 Å². The van der Waals surface area contributed by atoms with Crippen molar-refractivity contribution in [3.05, 3.63) is 70.5 Å². The van der Waals surface area contributed by atoms with E-state index in [1.54, 1.807) is 30.5 Å². The van der Waals surface area contributed by atoms with Crippen LogP contribution < -0.4 is 15.2 Å². The molecule has 0 bridgehead atoms. The van der Waals surface area contributed by atoms with E-state index in [0.717, 1.165) is 42.1 Å². The summed E-state index contributed by atoms with van der Waals surface area (Å²) in [5.74, 6) is 0.692. The third-order valence-corrected chi connectivity index (χ3v) is 6.71. The van der Waals surface area contributed by atoms with E-state index in [0.29, 0.717) is 28.4 Å². The van der Waals surface area contributed by atoms with Crippen LogP contribution >= 0.6 is 0 Å². The predicted molar refractivity (Wildman–Crippen MR) is 136 cm³/mol. The SMILES string of the molecule is COc1cc(CO)c2c(c1)N(c1ccc3ncn(-c4cnn(C)c4)c(=O)c3c1)CCN(C(C)C)C2. The third kappa shape index (κ3) is 4.17. The van der Waals surface area contributed by atoms with Crippen molar-refractivity contribution < 1.29 is 9.84 Å². The molecule has 2 aromatic carbocycles. The highest BCUT2D eigenvalue weighted by Crippen LogP contribution is 2.38. The van der Waals surface area contributed by atoms with E-state index >= 15 is 0 Å². The molecule has 9 nitrogen and oxygen atoms in total. The van der Waals surface area contributed by atoms with Crippen LogP contribution in [0.5, 0.6) is 5.75 Å². The van der Waals surface area contributed by atoms with Gasteiger partial charge in [-0.05, 0) is 49.2 Å². The second kappa shape index (κ2) is 9.16. The zero-order chi connectivity index (χ0) is 24.7. The molecule has 0 fully saturated rings. The van der Waals surface area contributed by atoms with Gasteiger partial charge in [-0.3, -0.25) is 18.9 Å². The average Bonchev–Trinajstić information content (AvgIpc) is 3.19. The molecule has 35 heavy (non-hydrogen) atoms. The maximum Gasteiger partial charge on any atom is 0.265 e. The number of methoxy groups -OCH3 is 1. The van der Waals surface area contributed by atoms with Gasteiger partial charge >= 0.3 is 0 Å². The number of fused-ring (bicyclic) bond motifs is 2. The van der Waals surface area contributed by atoms with Gasteiger partial charge in [0.15, 0.2) is 0 Å². The van der Waals surface area contributed by atoms with Gasteiger partial charge in [-0.25, -0.2) is 4.98 Å². The highest BCUT2D eigenvalue weighted by atomic mass is 16.5. The lowest BCUT2D eigenvalue weighted by molar-refractivity contribution is 0.220. The quantitative estimate of drug-likeness (QED) is 0.476. The Morgan fingerprint density at radius 3 is 2.66 bits per heavy atom. The molecule has 0 atom stereocenters. The van der Waals surface area contributed by atoms with Crippen LogP contribution in [0.15, 0.2) is 53.8 Å². The number of anilines is 2. The fourth-order valence-corrected chi connectivity index (χ4v) is 4.70. The molecule has 0 amide bonds.